The fourth-order valence-corrected chi connectivity index (χ4v) is 9.95. The lowest BCUT2D eigenvalue weighted by Crippen LogP contribution is -2.55. The molecule has 0 aliphatic carbocycles. The van der Waals surface area contributed by atoms with E-state index in [1.165, 1.54) is 0 Å². The van der Waals surface area contributed by atoms with Crippen molar-refractivity contribution in [3.63, 3.8) is 0 Å². The standard InChI is InChI=1S/C34H48F4N10O11S3/c35-24-23(25(36)27(38)29(26(24)37)47-48-40)31(52)43-17(30(51)46-32(62(58)59)20(61(56)57)14-16(39)33(53)54)8-5-7-13-42-21(49)10-2-1-6-12-41-22(50)11-4-3-9-19-28-18(15-60-19)44-34(55)45-28/h16-20,28,32H,1-15,39H2,(H,41,50)(H,42,49)(H,43,52)(H,46,51)(H,53,54)(H,56,57)(H,58,59)(H2,44,45,55). The number of halogens is 4. The molecule has 346 valence electrons. The van der Waals surface area contributed by atoms with Crippen LogP contribution in [0.2, 0.25) is 0 Å². The molecule has 1 aromatic rings. The van der Waals surface area contributed by atoms with Gasteiger partial charge in [0.2, 0.25) is 17.7 Å². The van der Waals surface area contributed by atoms with E-state index in [2.05, 4.69) is 31.3 Å². The van der Waals surface area contributed by atoms with E-state index in [4.69, 9.17) is 16.4 Å². The normalized spacial score (nSPS) is 19.6. The molecule has 11 N–H and O–H groups in total. The van der Waals surface area contributed by atoms with Gasteiger partial charge in [-0.3, -0.25) is 24.0 Å². The second-order valence-corrected chi connectivity index (χ2v) is 17.8. The summed E-state index contributed by atoms with van der Waals surface area (Å²) in [6.45, 7) is 0.449. The Kier molecular flexibility index (Phi) is 21.3. The largest absolute Gasteiger partial charge is 0.480 e. The highest BCUT2D eigenvalue weighted by atomic mass is 32.2. The van der Waals surface area contributed by atoms with E-state index in [1.54, 1.807) is 0 Å². The maximum atomic E-state index is 14.8. The van der Waals surface area contributed by atoms with Gasteiger partial charge in [-0.2, -0.15) is 11.8 Å². The van der Waals surface area contributed by atoms with Crippen LogP contribution < -0.4 is 37.6 Å². The molecule has 1 aromatic carbocycles. The molecule has 2 saturated heterocycles. The summed E-state index contributed by atoms with van der Waals surface area (Å²) in [6, 6.07) is -3.66. The van der Waals surface area contributed by atoms with Crippen LogP contribution in [-0.2, 0) is 41.3 Å². The highest BCUT2D eigenvalue weighted by molar-refractivity contribution is 8.00. The van der Waals surface area contributed by atoms with Gasteiger partial charge in [0.25, 0.3) is 5.91 Å². The highest BCUT2D eigenvalue weighted by Gasteiger charge is 2.43. The summed E-state index contributed by atoms with van der Waals surface area (Å²) in [5.74, 6) is -13.7. The van der Waals surface area contributed by atoms with E-state index in [1.807, 2.05) is 22.4 Å². The summed E-state index contributed by atoms with van der Waals surface area (Å²) in [6.07, 6.45) is 3.38. The van der Waals surface area contributed by atoms with E-state index >= 15 is 0 Å². The Bertz CT molecular complexity index is 1890. The van der Waals surface area contributed by atoms with E-state index in [0.29, 0.717) is 43.9 Å². The van der Waals surface area contributed by atoms with Crippen molar-refractivity contribution in [3.05, 3.63) is 39.3 Å². The molecule has 21 nitrogen and oxygen atoms in total. The third kappa shape index (κ3) is 15.3. The molecule has 0 spiro atoms. The monoisotopic (exact) mass is 944 g/mol. The van der Waals surface area contributed by atoms with E-state index in [-0.39, 0.29) is 55.7 Å². The molecule has 0 bridgehead atoms. The lowest BCUT2D eigenvalue weighted by atomic mass is 10.0. The maximum Gasteiger partial charge on any atom is 0.320 e. The molecule has 9 atom stereocenters. The number of amides is 6. The van der Waals surface area contributed by atoms with Gasteiger partial charge in [0.05, 0.1) is 17.3 Å². The average Bonchev–Trinajstić information content (AvgIpc) is 3.77. The van der Waals surface area contributed by atoms with Crippen LogP contribution >= 0.6 is 11.8 Å². The molecule has 6 amide bonds. The first-order chi connectivity index (χ1) is 29.4. The van der Waals surface area contributed by atoms with Crippen molar-refractivity contribution in [2.24, 2.45) is 10.8 Å². The summed E-state index contributed by atoms with van der Waals surface area (Å²) >= 11 is -4.46. The molecule has 2 aliphatic rings. The number of carboxylic acids is 1. The molecular formula is C34H48F4N10O11S3. The van der Waals surface area contributed by atoms with Gasteiger partial charge in [0.15, 0.2) is 45.4 Å². The number of rotatable bonds is 27. The van der Waals surface area contributed by atoms with Crippen LogP contribution in [0.1, 0.15) is 87.4 Å². The zero-order valence-corrected chi connectivity index (χ0v) is 35.4. The topological polar surface area (TPSA) is 344 Å². The molecule has 2 aliphatic heterocycles. The summed E-state index contributed by atoms with van der Waals surface area (Å²) < 4.78 is 102. The van der Waals surface area contributed by atoms with Crippen LogP contribution in [0, 0.1) is 23.3 Å². The van der Waals surface area contributed by atoms with Crippen molar-refractivity contribution in [1.29, 1.82) is 0 Å². The van der Waals surface area contributed by atoms with Crippen molar-refractivity contribution in [1.82, 2.24) is 31.9 Å². The first kappa shape index (κ1) is 51.7. The predicted octanol–water partition coefficient (Wildman–Crippen LogP) is 2.03. The Labute approximate surface area is 361 Å². The van der Waals surface area contributed by atoms with Gasteiger partial charge in [0, 0.05) is 41.8 Å². The molecule has 0 saturated carbocycles. The van der Waals surface area contributed by atoms with Crippen molar-refractivity contribution in [2.45, 2.75) is 117 Å². The zero-order chi connectivity index (χ0) is 46.1. The number of hydrogen-bond acceptors (Lipinski definition) is 11. The molecule has 9 unspecified atom stereocenters. The minimum Gasteiger partial charge on any atom is -0.480 e. The Morgan fingerprint density at radius 2 is 1.47 bits per heavy atom. The first-order valence-corrected chi connectivity index (χ1v) is 22.7. The van der Waals surface area contributed by atoms with Gasteiger partial charge in [-0.05, 0) is 56.9 Å². The number of thioether (sulfide) groups is 1. The third-order valence-corrected chi connectivity index (χ3v) is 13.4. The van der Waals surface area contributed by atoms with Gasteiger partial charge in [-0.15, -0.1) is 0 Å². The summed E-state index contributed by atoms with van der Waals surface area (Å²) in [5.41, 5.74) is 10.3. The molecule has 62 heavy (non-hydrogen) atoms. The number of carboxylic acid groups (broad SMARTS) is 1. The van der Waals surface area contributed by atoms with Crippen molar-refractivity contribution in [3.8, 4) is 0 Å². The number of carbonyl (C=O) groups is 6. The Balaban J connectivity index is 1.48. The van der Waals surface area contributed by atoms with Crippen LogP contribution in [0.15, 0.2) is 5.11 Å². The number of nitrogens with two attached hydrogens (primary N) is 1. The summed E-state index contributed by atoms with van der Waals surface area (Å²) in [4.78, 5) is 75.8. The fraction of sp³-hybridized carbons (Fsp3) is 0.647. The molecule has 0 aromatic heterocycles. The number of nitrogens with zero attached hydrogens (tertiary/aromatic N) is 3. The number of benzene rings is 1. The first-order valence-electron chi connectivity index (χ1n) is 19.3. The summed E-state index contributed by atoms with van der Waals surface area (Å²) in [5, 5.41) is 22.8. The Hall–Kier alpha value is -4.60. The SMILES string of the molecule is [N-]=[N+]=Nc1c(F)c(F)c(C(=O)NC(CCCCNC(=O)CCCCCNC(=O)CCCCC2SCC3NC(=O)NC32)C(=O)NC(C(CC(N)C(=O)O)S(=O)O)S(=O)O)c(F)c1F. The Morgan fingerprint density at radius 3 is 2.03 bits per heavy atom. The molecule has 28 heteroatoms. The smallest absolute Gasteiger partial charge is 0.320 e. The molecule has 0 radical (unpaired) electrons. The van der Waals surface area contributed by atoms with E-state index < -0.39 is 110 Å². The van der Waals surface area contributed by atoms with Crippen LogP contribution in [0.5, 0.6) is 0 Å². The molecular weight excluding hydrogens is 897 g/mol. The van der Waals surface area contributed by atoms with Crippen molar-refractivity contribution in [2.75, 3.05) is 18.8 Å². The number of azide groups is 1. The number of aliphatic carboxylic acids is 1. The minimum atomic E-state index is -3.20. The average molecular weight is 945 g/mol. The number of hydrogen-bond donors (Lipinski definition) is 10. The maximum absolute atomic E-state index is 14.8. The van der Waals surface area contributed by atoms with Crippen molar-refractivity contribution < 1.29 is 69.0 Å². The van der Waals surface area contributed by atoms with Gasteiger partial charge in [-0.1, -0.05) is 18.0 Å². The van der Waals surface area contributed by atoms with Crippen LogP contribution in [0.25, 0.3) is 10.4 Å². The van der Waals surface area contributed by atoms with Crippen LogP contribution in [0.3, 0.4) is 0 Å². The second kappa shape index (κ2) is 25.5. The molecule has 2 fully saturated rings. The highest BCUT2D eigenvalue weighted by Crippen LogP contribution is 2.33. The zero-order valence-electron chi connectivity index (χ0n) is 32.9. The van der Waals surface area contributed by atoms with Gasteiger partial charge in [0.1, 0.15) is 28.7 Å². The number of unbranched alkanes of at least 4 members (excludes halogenated alkanes) is 4. The fourth-order valence-electron chi connectivity index (χ4n) is 6.60. The minimum absolute atomic E-state index is 0.0197. The van der Waals surface area contributed by atoms with Crippen molar-refractivity contribution >= 4 is 75.2 Å². The molecule has 2 heterocycles. The van der Waals surface area contributed by atoms with E-state index in [0.717, 1.165) is 18.6 Å². The quantitative estimate of drug-likeness (QED) is 0.00884. The van der Waals surface area contributed by atoms with Gasteiger partial charge < -0.3 is 51.8 Å². The van der Waals surface area contributed by atoms with Gasteiger partial charge in [-0.25, -0.2) is 30.8 Å². The van der Waals surface area contributed by atoms with Gasteiger partial charge >= 0.3 is 12.0 Å². The van der Waals surface area contributed by atoms with E-state index in [9.17, 15) is 63.9 Å². The summed E-state index contributed by atoms with van der Waals surface area (Å²) in [7, 11) is 0. The lowest BCUT2D eigenvalue weighted by Gasteiger charge is -2.26. The second-order valence-electron chi connectivity index (χ2n) is 14.3. The predicted molar refractivity (Wildman–Crippen MR) is 216 cm³/mol. The third-order valence-electron chi connectivity index (χ3n) is 9.86. The Morgan fingerprint density at radius 1 is 0.871 bits per heavy atom. The molecule has 3 rings (SSSR count). The van der Waals surface area contributed by atoms with Crippen LogP contribution in [-0.4, -0.2) is 117 Å². The number of carbonyl (C=O) groups excluding carboxylic acids is 5. The number of urea groups is 1. The van der Waals surface area contributed by atoms with Crippen LogP contribution in [0.4, 0.5) is 28.0 Å². The number of fused-ring (bicyclic) bond motifs is 1. The number of nitrogens with one attached hydrogen (secondary N) is 6. The lowest BCUT2D eigenvalue weighted by molar-refractivity contribution is -0.138.